The molecule has 2 fully saturated rings. The zero-order valence-electron chi connectivity index (χ0n) is 15.8. The number of piperidine rings is 1. The number of benzene rings is 2. The first kappa shape index (κ1) is 16.8. The first-order valence-electron chi connectivity index (χ1n) is 10.2. The predicted octanol–water partition coefficient (Wildman–Crippen LogP) is 4.90. The SMILES string of the molecule is Nc1cccc(C23CCCC(C2)N(Cc2cnc4ccccc4c2)CC3)c1. The fraction of sp³-hybridized carbons (Fsp3) is 0.375. The molecule has 0 spiro atoms. The highest BCUT2D eigenvalue weighted by atomic mass is 15.2. The maximum absolute atomic E-state index is 6.09. The Morgan fingerprint density at radius 1 is 1.07 bits per heavy atom. The summed E-state index contributed by atoms with van der Waals surface area (Å²) in [5.74, 6) is 0. The van der Waals surface area contributed by atoms with Crippen molar-refractivity contribution in [2.45, 2.75) is 50.1 Å². The summed E-state index contributed by atoms with van der Waals surface area (Å²) in [6.07, 6.45) is 8.48. The number of aromatic nitrogens is 1. The number of rotatable bonds is 3. The van der Waals surface area contributed by atoms with Gasteiger partial charge in [0.2, 0.25) is 0 Å². The largest absolute Gasteiger partial charge is 0.399 e. The van der Waals surface area contributed by atoms with Crippen LogP contribution in [0, 0.1) is 0 Å². The summed E-state index contributed by atoms with van der Waals surface area (Å²) in [5.41, 5.74) is 11.2. The monoisotopic (exact) mass is 357 g/mol. The van der Waals surface area contributed by atoms with E-state index in [2.05, 4.69) is 64.6 Å². The zero-order chi connectivity index (χ0) is 18.3. The van der Waals surface area contributed by atoms with Crippen LogP contribution in [0.3, 0.4) is 0 Å². The fourth-order valence-electron chi connectivity index (χ4n) is 5.33. The standard InChI is InChI=1S/C24H27N3/c25-21-7-3-6-20(14-21)24-10-4-8-22(15-24)27(12-11-24)17-18-13-19-5-1-2-9-23(19)26-16-18/h1-3,5-7,9,13-14,16,22H,4,8,10-12,15,17,25H2. The van der Waals surface area contributed by atoms with Gasteiger partial charge in [-0.15, -0.1) is 0 Å². The van der Waals surface area contributed by atoms with Crippen molar-refractivity contribution in [1.82, 2.24) is 9.88 Å². The minimum Gasteiger partial charge on any atom is -0.399 e. The van der Waals surface area contributed by atoms with E-state index >= 15 is 0 Å². The van der Waals surface area contributed by atoms with Crippen molar-refractivity contribution in [3.63, 3.8) is 0 Å². The number of anilines is 1. The third-order valence-electron chi connectivity index (χ3n) is 6.74. The number of nitrogens with two attached hydrogens (primary N) is 1. The quantitative estimate of drug-likeness (QED) is 0.678. The van der Waals surface area contributed by atoms with Crippen LogP contribution < -0.4 is 5.73 Å². The summed E-state index contributed by atoms with van der Waals surface area (Å²) in [6, 6.07) is 20.0. The van der Waals surface area contributed by atoms with Crippen LogP contribution in [0.1, 0.15) is 43.2 Å². The number of pyridine rings is 1. The minimum atomic E-state index is 0.330. The molecule has 5 rings (SSSR count). The van der Waals surface area contributed by atoms with E-state index in [-0.39, 0.29) is 0 Å². The number of likely N-dealkylation sites (tertiary alicyclic amines) is 1. The van der Waals surface area contributed by atoms with Gasteiger partial charge in [-0.05, 0) is 73.0 Å². The van der Waals surface area contributed by atoms with Gasteiger partial charge in [0, 0.05) is 29.9 Å². The third kappa shape index (κ3) is 3.10. The van der Waals surface area contributed by atoms with Crippen molar-refractivity contribution in [1.29, 1.82) is 0 Å². The van der Waals surface area contributed by atoms with Gasteiger partial charge in [0.05, 0.1) is 5.52 Å². The number of hydrogen-bond donors (Lipinski definition) is 1. The molecule has 3 nitrogen and oxygen atoms in total. The first-order chi connectivity index (χ1) is 13.2. The van der Waals surface area contributed by atoms with Gasteiger partial charge in [-0.25, -0.2) is 0 Å². The molecule has 27 heavy (non-hydrogen) atoms. The van der Waals surface area contributed by atoms with E-state index in [9.17, 15) is 0 Å². The van der Waals surface area contributed by atoms with E-state index in [1.807, 2.05) is 6.07 Å². The van der Waals surface area contributed by atoms with E-state index < -0.39 is 0 Å². The van der Waals surface area contributed by atoms with Crippen LogP contribution in [0.2, 0.25) is 0 Å². The lowest BCUT2D eigenvalue weighted by Crippen LogP contribution is -2.51. The Bertz CT molecular complexity index is 967. The summed E-state index contributed by atoms with van der Waals surface area (Å²) in [7, 11) is 0. The Morgan fingerprint density at radius 3 is 2.93 bits per heavy atom. The molecule has 3 heteroatoms. The number of nitrogens with zero attached hydrogens (tertiary/aromatic N) is 2. The highest BCUT2D eigenvalue weighted by molar-refractivity contribution is 5.78. The highest BCUT2D eigenvalue weighted by Crippen LogP contribution is 2.47. The molecule has 2 N–H and O–H groups in total. The Balaban J connectivity index is 1.37. The Kier molecular flexibility index (Phi) is 4.13. The average molecular weight is 358 g/mol. The van der Waals surface area contributed by atoms with Gasteiger partial charge >= 0.3 is 0 Å². The van der Waals surface area contributed by atoms with E-state index in [4.69, 9.17) is 5.73 Å². The molecule has 3 aromatic rings. The zero-order valence-corrected chi connectivity index (χ0v) is 15.8. The molecule has 2 aromatic carbocycles. The van der Waals surface area contributed by atoms with Crippen molar-refractivity contribution in [3.05, 3.63) is 71.9 Å². The number of nitrogen functional groups attached to an aromatic ring is 1. The molecular weight excluding hydrogens is 330 g/mol. The molecule has 138 valence electrons. The summed E-state index contributed by atoms with van der Waals surface area (Å²) in [5, 5.41) is 1.24. The van der Waals surface area contributed by atoms with E-state index in [0.29, 0.717) is 11.5 Å². The Morgan fingerprint density at radius 2 is 2.00 bits per heavy atom. The van der Waals surface area contributed by atoms with Crippen molar-refractivity contribution >= 4 is 16.6 Å². The van der Waals surface area contributed by atoms with Gasteiger partial charge in [-0.1, -0.05) is 36.8 Å². The second-order valence-corrected chi connectivity index (χ2v) is 8.41. The second kappa shape index (κ2) is 6.65. The molecule has 1 aromatic heterocycles. The van der Waals surface area contributed by atoms with Gasteiger partial charge < -0.3 is 5.73 Å². The highest BCUT2D eigenvalue weighted by Gasteiger charge is 2.43. The van der Waals surface area contributed by atoms with Crippen LogP contribution >= 0.6 is 0 Å². The smallest absolute Gasteiger partial charge is 0.0702 e. The molecule has 0 amide bonds. The molecule has 2 unspecified atom stereocenters. The summed E-state index contributed by atoms with van der Waals surface area (Å²) in [4.78, 5) is 7.35. The molecular formula is C24H27N3. The molecule has 2 atom stereocenters. The molecule has 0 radical (unpaired) electrons. The van der Waals surface area contributed by atoms with Crippen LogP contribution in [0.25, 0.3) is 10.9 Å². The minimum absolute atomic E-state index is 0.330. The summed E-state index contributed by atoms with van der Waals surface area (Å²) >= 11 is 0. The van der Waals surface area contributed by atoms with E-state index in [1.165, 1.54) is 48.6 Å². The summed E-state index contributed by atoms with van der Waals surface area (Å²) < 4.78 is 0. The lowest BCUT2D eigenvalue weighted by Gasteiger charge is -2.51. The van der Waals surface area contributed by atoms with Gasteiger partial charge in [-0.3, -0.25) is 9.88 Å². The van der Waals surface area contributed by atoms with E-state index in [0.717, 1.165) is 24.3 Å². The molecule has 2 aliphatic rings. The maximum Gasteiger partial charge on any atom is 0.0702 e. The van der Waals surface area contributed by atoms with Gasteiger partial charge in [0.25, 0.3) is 0 Å². The van der Waals surface area contributed by atoms with Crippen molar-refractivity contribution < 1.29 is 0 Å². The van der Waals surface area contributed by atoms with Crippen LogP contribution in [-0.4, -0.2) is 22.5 Å². The molecule has 1 saturated heterocycles. The van der Waals surface area contributed by atoms with Crippen molar-refractivity contribution in [3.8, 4) is 0 Å². The van der Waals surface area contributed by atoms with Crippen molar-refractivity contribution in [2.75, 3.05) is 12.3 Å². The number of para-hydroxylation sites is 1. The first-order valence-corrected chi connectivity index (χ1v) is 10.2. The lowest BCUT2D eigenvalue weighted by molar-refractivity contribution is 0.0458. The second-order valence-electron chi connectivity index (χ2n) is 8.41. The fourth-order valence-corrected chi connectivity index (χ4v) is 5.33. The maximum atomic E-state index is 6.09. The molecule has 1 aliphatic carbocycles. The van der Waals surface area contributed by atoms with Crippen LogP contribution in [0.4, 0.5) is 5.69 Å². The molecule has 2 heterocycles. The van der Waals surface area contributed by atoms with Crippen LogP contribution in [0.5, 0.6) is 0 Å². The Hall–Kier alpha value is -2.39. The topological polar surface area (TPSA) is 42.1 Å². The molecule has 1 saturated carbocycles. The van der Waals surface area contributed by atoms with E-state index in [1.54, 1.807) is 0 Å². The van der Waals surface area contributed by atoms with Gasteiger partial charge in [0.15, 0.2) is 0 Å². The average Bonchev–Trinajstić information content (AvgIpc) is 2.70. The predicted molar refractivity (Wildman–Crippen MR) is 112 cm³/mol. The Labute approximate surface area is 161 Å². The molecule has 2 bridgehead atoms. The number of hydrogen-bond acceptors (Lipinski definition) is 3. The lowest BCUT2D eigenvalue weighted by atomic mass is 9.63. The third-order valence-corrected chi connectivity index (χ3v) is 6.74. The summed E-state index contributed by atoms with van der Waals surface area (Å²) in [6.45, 7) is 2.17. The molecule has 1 aliphatic heterocycles. The van der Waals surface area contributed by atoms with Crippen molar-refractivity contribution in [2.24, 2.45) is 0 Å². The van der Waals surface area contributed by atoms with Gasteiger partial charge in [-0.2, -0.15) is 0 Å². The normalized spacial score (nSPS) is 25.6. The number of fused-ring (bicyclic) bond motifs is 3. The van der Waals surface area contributed by atoms with Gasteiger partial charge in [0.1, 0.15) is 0 Å². The van der Waals surface area contributed by atoms with Crippen LogP contribution in [-0.2, 0) is 12.0 Å². The van der Waals surface area contributed by atoms with Crippen LogP contribution in [0.15, 0.2) is 60.8 Å².